The van der Waals surface area contributed by atoms with Gasteiger partial charge in [-0.3, -0.25) is 14.4 Å². The number of amides is 3. The molecule has 9 nitrogen and oxygen atoms in total. The maximum absolute atomic E-state index is 13.3. The van der Waals surface area contributed by atoms with Crippen molar-refractivity contribution in [2.24, 2.45) is 11.7 Å². The number of hydrogen-bond donors (Lipinski definition) is 3. The van der Waals surface area contributed by atoms with Crippen molar-refractivity contribution >= 4 is 34.9 Å². The molecule has 1 atom stereocenters. The molecule has 0 aliphatic rings. The van der Waals surface area contributed by atoms with Gasteiger partial charge < -0.3 is 26.1 Å². The van der Waals surface area contributed by atoms with Gasteiger partial charge in [-0.05, 0) is 42.4 Å². The van der Waals surface area contributed by atoms with Gasteiger partial charge in [-0.15, -0.1) is 0 Å². The second-order valence-electron chi connectivity index (χ2n) is 7.05. The summed E-state index contributed by atoms with van der Waals surface area (Å²) >= 11 is 0.786. The summed E-state index contributed by atoms with van der Waals surface area (Å²) in [5.74, 6) is -0.611. The van der Waals surface area contributed by atoms with Crippen molar-refractivity contribution < 1.29 is 18.8 Å². The number of nitrogen functional groups attached to an aromatic ring is 1. The molecule has 2 aromatic heterocycles. The molecule has 0 aliphatic heterocycles. The number of hydrogen-bond acceptors (Lipinski definition) is 7. The lowest BCUT2D eigenvalue weighted by Gasteiger charge is -2.29. The Morgan fingerprint density at radius 2 is 2.07 bits per heavy atom. The van der Waals surface area contributed by atoms with Crippen LogP contribution in [0.5, 0.6) is 0 Å². The Morgan fingerprint density at radius 3 is 2.59 bits per heavy atom. The molecular weight excluding hydrogens is 394 g/mol. The largest absolute Gasteiger partial charge is 0.467 e. The Labute approximate surface area is 173 Å². The first kappa shape index (κ1) is 22.4. The highest BCUT2D eigenvalue weighted by molar-refractivity contribution is 7.09. The third-order valence-corrected chi connectivity index (χ3v) is 5.26. The summed E-state index contributed by atoms with van der Waals surface area (Å²) in [6, 6.07) is 2.68. The summed E-state index contributed by atoms with van der Waals surface area (Å²) in [5.41, 5.74) is 10.9. The highest BCUT2D eigenvalue weighted by Gasteiger charge is 2.33. The Morgan fingerprint density at radius 1 is 1.34 bits per heavy atom. The molecule has 0 radical (unpaired) electrons. The molecule has 0 saturated carbocycles. The van der Waals surface area contributed by atoms with E-state index in [1.54, 1.807) is 12.1 Å². The van der Waals surface area contributed by atoms with Gasteiger partial charge in [0.1, 0.15) is 16.7 Å². The first-order valence-electron chi connectivity index (χ1n) is 9.42. The number of nitrogens with zero attached hydrogens (tertiary/aromatic N) is 2. The fraction of sp³-hybridized carbons (Fsp3) is 0.474. The van der Waals surface area contributed by atoms with Crippen molar-refractivity contribution in [2.75, 3.05) is 12.3 Å². The molecule has 0 aromatic carbocycles. The van der Waals surface area contributed by atoms with Crippen molar-refractivity contribution in [3.8, 4) is 0 Å². The van der Waals surface area contributed by atoms with Crippen LogP contribution in [0.4, 0.5) is 5.69 Å². The number of nitrogens with one attached hydrogen (secondary N) is 1. The summed E-state index contributed by atoms with van der Waals surface area (Å²) in [6.07, 6.45) is 2.72. The lowest BCUT2D eigenvalue weighted by atomic mass is 10.1. The zero-order valence-electron chi connectivity index (χ0n) is 16.8. The molecule has 0 aliphatic carbocycles. The van der Waals surface area contributed by atoms with Gasteiger partial charge in [0.15, 0.2) is 5.69 Å². The smallest absolute Gasteiger partial charge is 0.270 e. The van der Waals surface area contributed by atoms with Gasteiger partial charge in [0, 0.05) is 6.54 Å². The molecule has 0 spiro atoms. The fourth-order valence-electron chi connectivity index (χ4n) is 2.80. The lowest BCUT2D eigenvalue weighted by Crippen LogP contribution is -2.49. The summed E-state index contributed by atoms with van der Waals surface area (Å²) in [6.45, 7) is 6.55. The van der Waals surface area contributed by atoms with Crippen LogP contribution in [0.1, 0.15) is 59.5 Å². The van der Waals surface area contributed by atoms with Gasteiger partial charge in [-0.2, -0.15) is 4.37 Å². The third-order valence-electron chi connectivity index (χ3n) is 4.41. The van der Waals surface area contributed by atoms with Crippen molar-refractivity contribution in [1.29, 1.82) is 0 Å². The minimum absolute atomic E-state index is 0.0683. The number of furan rings is 1. The Kier molecular flexibility index (Phi) is 7.77. The molecule has 2 rings (SSSR count). The molecule has 3 amide bonds. The van der Waals surface area contributed by atoms with E-state index in [0.29, 0.717) is 24.6 Å². The average Bonchev–Trinajstić information content (AvgIpc) is 3.30. The van der Waals surface area contributed by atoms with Gasteiger partial charge in [0.2, 0.25) is 5.91 Å². The van der Waals surface area contributed by atoms with Crippen LogP contribution in [0, 0.1) is 5.92 Å². The van der Waals surface area contributed by atoms with Gasteiger partial charge in [0.05, 0.1) is 18.5 Å². The van der Waals surface area contributed by atoms with Crippen LogP contribution in [0.25, 0.3) is 0 Å². The van der Waals surface area contributed by atoms with Gasteiger partial charge in [-0.25, -0.2) is 0 Å². The molecule has 0 bridgehead atoms. The number of carbonyl (C=O) groups is 3. The zero-order chi connectivity index (χ0) is 21.6. The van der Waals surface area contributed by atoms with Crippen LogP contribution in [0.2, 0.25) is 0 Å². The summed E-state index contributed by atoms with van der Waals surface area (Å²) in [7, 11) is 0. The normalized spacial score (nSPS) is 12.0. The van der Waals surface area contributed by atoms with Crippen LogP contribution in [0.3, 0.4) is 0 Å². The molecular formula is C19H27N5O4S. The standard InChI is InChI=1S/C19H27N5O4S/c1-4-13(18(26)22-8-7-11(2)3)24(10-12-6-5-9-28-12)19(27)16-14(20)15(17(21)25)23-29-16/h5-6,9,11,13H,4,7-8,10,20H2,1-3H3,(H2,21,25)(H,22,26)/t13-/m0/s1. The summed E-state index contributed by atoms with van der Waals surface area (Å²) in [5, 5.41) is 2.89. The molecule has 0 fully saturated rings. The predicted octanol–water partition coefficient (Wildman–Crippen LogP) is 2.00. The minimum atomic E-state index is -0.811. The quantitative estimate of drug-likeness (QED) is 0.535. The molecule has 2 aromatic rings. The van der Waals surface area contributed by atoms with Crippen molar-refractivity contribution in [2.45, 2.75) is 46.2 Å². The van der Waals surface area contributed by atoms with Crippen LogP contribution in [0.15, 0.2) is 22.8 Å². The number of rotatable bonds is 10. The zero-order valence-corrected chi connectivity index (χ0v) is 17.6. The highest BCUT2D eigenvalue weighted by atomic mass is 32.1. The number of primary amides is 1. The minimum Gasteiger partial charge on any atom is -0.467 e. The maximum Gasteiger partial charge on any atom is 0.270 e. The van der Waals surface area contributed by atoms with Gasteiger partial charge in [0.25, 0.3) is 11.8 Å². The van der Waals surface area contributed by atoms with Crippen molar-refractivity contribution in [3.05, 3.63) is 34.7 Å². The molecule has 2 heterocycles. The van der Waals surface area contributed by atoms with E-state index in [4.69, 9.17) is 15.9 Å². The summed E-state index contributed by atoms with van der Waals surface area (Å²) < 4.78 is 9.25. The van der Waals surface area contributed by atoms with Crippen LogP contribution >= 0.6 is 11.5 Å². The molecule has 29 heavy (non-hydrogen) atoms. The second-order valence-corrected chi connectivity index (χ2v) is 7.82. The Balaban J connectivity index is 2.31. The van der Waals surface area contributed by atoms with E-state index in [9.17, 15) is 14.4 Å². The maximum atomic E-state index is 13.3. The SMILES string of the molecule is CC[C@@H](C(=O)NCCC(C)C)N(Cc1ccco1)C(=O)c1snc(C(N)=O)c1N. The second kappa shape index (κ2) is 10.1. The highest BCUT2D eigenvalue weighted by Crippen LogP contribution is 2.25. The average molecular weight is 422 g/mol. The third kappa shape index (κ3) is 5.57. The molecule has 158 valence electrons. The first-order valence-corrected chi connectivity index (χ1v) is 10.2. The molecule has 0 unspecified atom stereocenters. The number of aromatic nitrogens is 1. The van der Waals surface area contributed by atoms with E-state index < -0.39 is 17.9 Å². The molecule has 0 saturated heterocycles. The van der Waals surface area contributed by atoms with Gasteiger partial charge >= 0.3 is 0 Å². The molecule has 10 heteroatoms. The van der Waals surface area contributed by atoms with E-state index in [0.717, 1.165) is 18.0 Å². The van der Waals surface area contributed by atoms with Crippen molar-refractivity contribution in [1.82, 2.24) is 14.6 Å². The van der Waals surface area contributed by atoms with Crippen molar-refractivity contribution in [3.63, 3.8) is 0 Å². The molecule has 5 N–H and O–H groups in total. The van der Waals surface area contributed by atoms with E-state index in [1.165, 1.54) is 11.2 Å². The number of nitrogens with two attached hydrogens (primary N) is 2. The van der Waals surface area contributed by atoms with Crippen LogP contribution in [-0.4, -0.2) is 39.6 Å². The summed E-state index contributed by atoms with van der Waals surface area (Å²) in [4.78, 5) is 39.0. The van der Waals surface area contributed by atoms with E-state index in [-0.39, 0.29) is 28.7 Å². The van der Waals surface area contributed by atoms with E-state index in [1.807, 2.05) is 6.92 Å². The van der Waals surface area contributed by atoms with E-state index in [2.05, 4.69) is 23.5 Å². The first-order chi connectivity index (χ1) is 13.8. The van der Waals surface area contributed by atoms with Crippen LogP contribution < -0.4 is 16.8 Å². The van der Waals surface area contributed by atoms with E-state index >= 15 is 0 Å². The van der Waals surface area contributed by atoms with Gasteiger partial charge in [-0.1, -0.05) is 20.8 Å². The lowest BCUT2D eigenvalue weighted by molar-refractivity contribution is -0.126. The topological polar surface area (TPSA) is 145 Å². The number of anilines is 1. The van der Waals surface area contributed by atoms with Crippen LogP contribution in [-0.2, 0) is 11.3 Å². The Bertz CT molecular complexity index is 847. The number of carbonyl (C=O) groups excluding carboxylic acids is 3. The predicted molar refractivity (Wildman–Crippen MR) is 110 cm³/mol. The Hall–Kier alpha value is -2.88. The monoisotopic (exact) mass is 421 g/mol. The fourth-order valence-corrected chi connectivity index (χ4v) is 3.56.